The minimum atomic E-state index is -3.87. The van der Waals surface area contributed by atoms with Crippen LogP contribution >= 0.6 is 0 Å². The van der Waals surface area contributed by atoms with Crippen LogP contribution in [0.3, 0.4) is 0 Å². The molecule has 38 heavy (non-hydrogen) atoms. The van der Waals surface area contributed by atoms with Crippen molar-refractivity contribution in [2.24, 2.45) is 0 Å². The van der Waals surface area contributed by atoms with Crippen molar-refractivity contribution < 1.29 is 37.3 Å². The first-order chi connectivity index (χ1) is 18.4. The number of carbonyl (C=O) groups is 1. The molecule has 0 aliphatic carbocycles. The van der Waals surface area contributed by atoms with E-state index in [0.717, 1.165) is 5.56 Å². The lowest BCUT2D eigenvalue weighted by molar-refractivity contribution is -0.155. The molecule has 0 saturated carbocycles. The molecule has 2 aliphatic heterocycles. The van der Waals surface area contributed by atoms with Gasteiger partial charge in [0.1, 0.15) is 5.75 Å². The second-order valence-corrected chi connectivity index (χ2v) is 10.8. The molecule has 2 aliphatic rings. The zero-order valence-electron chi connectivity index (χ0n) is 21.4. The fraction of sp³-hybridized carbons (Fsp3) is 0.444. The van der Waals surface area contributed by atoms with Gasteiger partial charge in [0.05, 0.1) is 38.4 Å². The van der Waals surface area contributed by atoms with Gasteiger partial charge in [0.25, 0.3) is 5.91 Å². The van der Waals surface area contributed by atoms with Crippen molar-refractivity contribution in [2.75, 3.05) is 59.7 Å². The van der Waals surface area contributed by atoms with Crippen molar-refractivity contribution in [1.29, 1.82) is 0 Å². The molecule has 4 rings (SSSR count). The standard InChI is InChI=1S/C27H34N2O8S/c1-34-23-7-9-24(10-8-23)38(32,33)29(11-15-30)14-18-36-26-20-22(21-5-3-2-4-6-21)19-25(37-26)27(31)28-12-16-35-17-13-28/h2-10,19,22,26,30H,11-18,20H2,1H3/t22-,26+/m0/s1. The number of aliphatic hydroxyl groups is 1. The normalized spacial score (nSPS) is 20.1. The molecule has 1 fully saturated rings. The number of methoxy groups -OCH3 is 1. The number of rotatable bonds is 11. The number of sulfonamides is 1. The maximum Gasteiger partial charge on any atom is 0.288 e. The Kier molecular flexibility index (Phi) is 9.75. The number of hydrogen-bond acceptors (Lipinski definition) is 8. The molecule has 206 valence electrons. The summed E-state index contributed by atoms with van der Waals surface area (Å²) in [7, 11) is -2.37. The van der Waals surface area contributed by atoms with Crippen LogP contribution in [0.5, 0.6) is 5.75 Å². The highest BCUT2D eigenvalue weighted by Crippen LogP contribution is 2.32. The highest BCUT2D eigenvalue weighted by molar-refractivity contribution is 7.89. The summed E-state index contributed by atoms with van der Waals surface area (Å²) in [5.74, 6) is 0.437. The van der Waals surface area contributed by atoms with Gasteiger partial charge in [-0.3, -0.25) is 4.79 Å². The predicted molar refractivity (Wildman–Crippen MR) is 139 cm³/mol. The SMILES string of the molecule is COc1ccc(S(=O)(=O)N(CCO)CCO[C@H]2C[C@@H](c3ccccc3)C=C(C(=O)N3CCOCC3)O2)cc1. The van der Waals surface area contributed by atoms with Gasteiger partial charge in [0, 0.05) is 38.5 Å². The van der Waals surface area contributed by atoms with Gasteiger partial charge < -0.3 is 29.0 Å². The van der Waals surface area contributed by atoms with Crippen LogP contribution in [0.1, 0.15) is 17.9 Å². The van der Waals surface area contributed by atoms with E-state index >= 15 is 0 Å². The van der Waals surface area contributed by atoms with E-state index in [2.05, 4.69) is 0 Å². The summed E-state index contributed by atoms with van der Waals surface area (Å²) in [6, 6.07) is 15.8. The fourth-order valence-corrected chi connectivity index (χ4v) is 5.83. The summed E-state index contributed by atoms with van der Waals surface area (Å²) in [6.45, 7) is 1.51. The van der Waals surface area contributed by atoms with Gasteiger partial charge in [-0.15, -0.1) is 0 Å². The van der Waals surface area contributed by atoms with Crippen molar-refractivity contribution in [3.63, 3.8) is 0 Å². The number of carbonyl (C=O) groups excluding carboxylic acids is 1. The van der Waals surface area contributed by atoms with Crippen LogP contribution in [0.25, 0.3) is 0 Å². The van der Waals surface area contributed by atoms with Crippen molar-refractivity contribution >= 4 is 15.9 Å². The second-order valence-electron chi connectivity index (χ2n) is 8.91. The van der Waals surface area contributed by atoms with Gasteiger partial charge in [-0.1, -0.05) is 30.3 Å². The molecular weight excluding hydrogens is 512 g/mol. The van der Waals surface area contributed by atoms with E-state index in [1.807, 2.05) is 36.4 Å². The molecule has 0 radical (unpaired) electrons. The molecule has 11 heteroatoms. The maximum atomic E-state index is 13.2. The van der Waals surface area contributed by atoms with Crippen LogP contribution in [0.15, 0.2) is 71.3 Å². The van der Waals surface area contributed by atoms with Gasteiger partial charge in [-0.05, 0) is 35.9 Å². The first kappa shape index (κ1) is 28.1. The molecule has 0 spiro atoms. The average molecular weight is 547 g/mol. The van der Waals surface area contributed by atoms with E-state index in [1.54, 1.807) is 17.0 Å². The van der Waals surface area contributed by atoms with Gasteiger partial charge in [0.2, 0.25) is 16.3 Å². The summed E-state index contributed by atoms with van der Waals surface area (Å²) < 4.78 is 49.9. The predicted octanol–water partition coefficient (Wildman–Crippen LogP) is 1.97. The number of hydrogen-bond donors (Lipinski definition) is 1. The van der Waals surface area contributed by atoms with Crippen LogP contribution in [0, 0.1) is 0 Å². The van der Waals surface area contributed by atoms with Crippen molar-refractivity contribution in [3.05, 3.63) is 72.0 Å². The minimum absolute atomic E-state index is 0.00123. The van der Waals surface area contributed by atoms with Crippen LogP contribution in [-0.4, -0.2) is 94.6 Å². The third kappa shape index (κ3) is 6.91. The molecular formula is C27H34N2O8S. The van der Waals surface area contributed by atoms with E-state index < -0.39 is 16.3 Å². The molecule has 0 unspecified atom stereocenters. The Bertz CT molecular complexity index is 1180. The average Bonchev–Trinajstić information content (AvgIpc) is 2.97. The lowest BCUT2D eigenvalue weighted by atomic mass is 9.93. The van der Waals surface area contributed by atoms with Crippen LogP contribution in [0.4, 0.5) is 0 Å². The number of ether oxygens (including phenoxy) is 4. The Morgan fingerprint density at radius 2 is 1.79 bits per heavy atom. The largest absolute Gasteiger partial charge is 0.497 e. The van der Waals surface area contributed by atoms with E-state index in [4.69, 9.17) is 18.9 Å². The Hall–Kier alpha value is -2.96. The van der Waals surface area contributed by atoms with Crippen LogP contribution in [0.2, 0.25) is 0 Å². The highest BCUT2D eigenvalue weighted by Gasteiger charge is 2.32. The van der Waals surface area contributed by atoms with E-state index in [-0.39, 0.29) is 48.8 Å². The zero-order chi connectivity index (χ0) is 27.0. The highest BCUT2D eigenvalue weighted by atomic mass is 32.2. The molecule has 10 nitrogen and oxygen atoms in total. The topological polar surface area (TPSA) is 115 Å². The van der Waals surface area contributed by atoms with Crippen molar-refractivity contribution in [3.8, 4) is 5.75 Å². The number of aliphatic hydroxyl groups excluding tert-OH is 1. The summed E-state index contributed by atoms with van der Waals surface area (Å²) in [5, 5.41) is 9.51. The zero-order valence-corrected chi connectivity index (χ0v) is 22.2. The fourth-order valence-electron chi connectivity index (χ4n) is 4.41. The van der Waals surface area contributed by atoms with Crippen LogP contribution < -0.4 is 4.74 Å². The quantitative estimate of drug-likeness (QED) is 0.455. The maximum absolute atomic E-state index is 13.2. The van der Waals surface area contributed by atoms with Gasteiger partial charge in [0.15, 0.2) is 5.76 Å². The summed E-state index contributed by atoms with van der Waals surface area (Å²) >= 11 is 0. The van der Waals surface area contributed by atoms with E-state index in [1.165, 1.54) is 23.5 Å². The third-order valence-electron chi connectivity index (χ3n) is 6.49. The molecule has 0 aromatic heterocycles. The summed E-state index contributed by atoms with van der Waals surface area (Å²) in [6.07, 6.45) is 1.55. The summed E-state index contributed by atoms with van der Waals surface area (Å²) in [5.41, 5.74) is 1.03. The number of amides is 1. The first-order valence-corrected chi connectivity index (χ1v) is 14.0. The van der Waals surface area contributed by atoms with Crippen molar-refractivity contribution in [1.82, 2.24) is 9.21 Å². The first-order valence-electron chi connectivity index (χ1n) is 12.6. The molecule has 2 atom stereocenters. The van der Waals surface area contributed by atoms with Crippen LogP contribution in [-0.2, 0) is 29.0 Å². The lowest BCUT2D eigenvalue weighted by Crippen LogP contribution is -2.43. The Morgan fingerprint density at radius 3 is 2.45 bits per heavy atom. The molecule has 2 heterocycles. The summed E-state index contributed by atoms with van der Waals surface area (Å²) in [4.78, 5) is 15.0. The molecule has 2 aromatic rings. The molecule has 1 amide bonds. The third-order valence-corrected chi connectivity index (χ3v) is 8.40. The Labute approximate surface area is 223 Å². The smallest absolute Gasteiger partial charge is 0.288 e. The molecule has 2 aromatic carbocycles. The van der Waals surface area contributed by atoms with Gasteiger partial charge >= 0.3 is 0 Å². The Morgan fingerprint density at radius 1 is 1.08 bits per heavy atom. The van der Waals surface area contributed by atoms with Gasteiger partial charge in [-0.2, -0.15) is 4.31 Å². The lowest BCUT2D eigenvalue weighted by Gasteiger charge is -2.33. The van der Waals surface area contributed by atoms with E-state index in [9.17, 15) is 18.3 Å². The molecule has 1 N–H and O–H groups in total. The Balaban J connectivity index is 1.44. The second kappa shape index (κ2) is 13.2. The molecule has 1 saturated heterocycles. The van der Waals surface area contributed by atoms with Gasteiger partial charge in [-0.25, -0.2) is 8.42 Å². The molecule has 0 bridgehead atoms. The van der Waals surface area contributed by atoms with E-state index in [0.29, 0.717) is 38.5 Å². The minimum Gasteiger partial charge on any atom is -0.497 e. The number of morpholine rings is 1. The monoisotopic (exact) mass is 546 g/mol. The van der Waals surface area contributed by atoms with Crippen molar-refractivity contribution in [2.45, 2.75) is 23.5 Å². The number of nitrogens with zero attached hydrogens (tertiary/aromatic N) is 2. The number of allylic oxidation sites excluding steroid dienone is 1. The number of benzene rings is 2.